The summed E-state index contributed by atoms with van der Waals surface area (Å²) in [4.78, 5) is 26.9. The molecule has 0 radical (unpaired) electrons. The van der Waals surface area contributed by atoms with Gasteiger partial charge < -0.3 is 10.2 Å². The Balaban J connectivity index is 2.00. The number of nitrogens with one attached hydrogen (secondary N) is 1. The van der Waals surface area contributed by atoms with Crippen LogP contribution in [0.5, 0.6) is 0 Å². The van der Waals surface area contributed by atoms with Gasteiger partial charge in [0.05, 0.1) is 6.54 Å². The van der Waals surface area contributed by atoms with Crippen LogP contribution in [0.1, 0.15) is 29.1 Å². The minimum absolute atomic E-state index is 0.0375. The number of hydrogen-bond acceptors (Lipinski definition) is 3. The van der Waals surface area contributed by atoms with E-state index in [4.69, 9.17) is 0 Å². The maximum atomic E-state index is 12.4. The molecule has 0 bridgehead atoms. The van der Waals surface area contributed by atoms with E-state index in [9.17, 15) is 9.59 Å². The third kappa shape index (κ3) is 4.91. The van der Waals surface area contributed by atoms with Gasteiger partial charge in [0.15, 0.2) is 0 Å². The van der Waals surface area contributed by atoms with Crippen LogP contribution in [0, 0.1) is 5.92 Å². The number of thiophene rings is 1. The van der Waals surface area contributed by atoms with Crippen molar-refractivity contribution in [3.63, 3.8) is 0 Å². The summed E-state index contributed by atoms with van der Waals surface area (Å²) >= 11 is 5.03. The molecule has 2 rings (SSSR count). The molecule has 0 aliphatic carbocycles. The molecule has 0 saturated carbocycles. The summed E-state index contributed by atoms with van der Waals surface area (Å²) in [5, 5.41) is 4.81. The van der Waals surface area contributed by atoms with Gasteiger partial charge >= 0.3 is 0 Å². The normalized spacial score (nSPS) is 10.7. The standard InChI is InChI=1S/C17H19BrN2O2S/c1-11(2)16(21)19-14-6-4-12(5-7-14)17(22)20(3)9-15-8-13(18)10-23-15/h4-8,10-11H,9H2,1-3H3,(H,19,21). The predicted octanol–water partition coefficient (Wildman–Crippen LogP) is 4.38. The smallest absolute Gasteiger partial charge is 0.253 e. The van der Waals surface area contributed by atoms with Crippen molar-refractivity contribution in [1.29, 1.82) is 0 Å². The van der Waals surface area contributed by atoms with Crippen molar-refractivity contribution in [2.24, 2.45) is 5.92 Å². The monoisotopic (exact) mass is 394 g/mol. The Kier molecular flexibility index (Phi) is 5.96. The molecular formula is C17H19BrN2O2S. The third-order valence-electron chi connectivity index (χ3n) is 3.29. The number of amides is 2. The predicted molar refractivity (Wildman–Crippen MR) is 97.7 cm³/mol. The van der Waals surface area contributed by atoms with Crippen LogP contribution in [0.3, 0.4) is 0 Å². The van der Waals surface area contributed by atoms with Crippen LogP contribution in [0.2, 0.25) is 0 Å². The molecule has 0 saturated heterocycles. The maximum Gasteiger partial charge on any atom is 0.253 e. The summed E-state index contributed by atoms with van der Waals surface area (Å²) < 4.78 is 1.03. The van der Waals surface area contributed by atoms with Gasteiger partial charge in [-0.3, -0.25) is 9.59 Å². The Labute approximate surface area is 148 Å². The van der Waals surface area contributed by atoms with Crippen LogP contribution in [-0.2, 0) is 11.3 Å². The van der Waals surface area contributed by atoms with E-state index in [1.807, 2.05) is 25.3 Å². The Morgan fingerprint density at radius 3 is 2.43 bits per heavy atom. The number of carbonyl (C=O) groups is 2. The topological polar surface area (TPSA) is 49.4 Å². The molecule has 0 fully saturated rings. The minimum Gasteiger partial charge on any atom is -0.337 e. The van der Waals surface area contributed by atoms with Crippen molar-refractivity contribution in [3.8, 4) is 0 Å². The van der Waals surface area contributed by atoms with E-state index in [0.717, 1.165) is 9.35 Å². The number of anilines is 1. The number of nitrogens with zero attached hydrogens (tertiary/aromatic N) is 1. The highest BCUT2D eigenvalue weighted by Crippen LogP contribution is 2.21. The van der Waals surface area contributed by atoms with Crippen molar-refractivity contribution in [1.82, 2.24) is 4.90 Å². The van der Waals surface area contributed by atoms with E-state index >= 15 is 0 Å². The molecule has 4 nitrogen and oxygen atoms in total. The lowest BCUT2D eigenvalue weighted by atomic mass is 10.1. The first kappa shape index (κ1) is 17.7. The highest BCUT2D eigenvalue weighted by atomic mass is 79.9. The van der Waals surface area contributed by atoms with E-state index in [1.54, 1.807) is 47.5 Å². The molecule has 1 heterocycles. The van der Waals surface area contributed by atoms with Crippen LogP contribution < -0.4 is 5.32 Å². The number of hydrogen-bond donors (Lipinski definition) is 1. The van der Waals surface area contributed by atoms with E-state index in [0.29, 0.717) is 17.8 Å². The quantitative estimate of drug-likeness (QED) is 0.817. The van der Waals surface area contributed by atoms with Crippen molar-refractivity contribution in [2.75, 3.05) is 12.4 Å². The molecule has 2 aromatic rings. The number of rotatable bonds is 5. The fourth-order valence-corrected chi connectivity index (χ4v) is 3.45. The second-order valence-electron chi connectivity index (χ2n) is 5.61. The largest absolute Gasteiger partial charge is 0.337 e. The lowest BCUT2D eigenvalue weighted by Crippen LogP contribution is -2.25. The summed E-state index contributed by atoms with van der Waals surface area (Å²) in [6, 6.07) is 8.99. The van der Waals surface area contributed by atoms with Crippen LogP contribution in [0.25, 0.3) is 0 Å². The number of benzene rings is 1. The molecule has 1 N–H and O–H groups in total. The van der Waals surface area contributed by atoms with Gasteiger partial charge in [-0.25, -0.2) is 0 Å². The fraction of sp³-hybridized carbons (Fsp3) is 0.294. The molecule has 122 valence electrons. The van der Waals surface area contributed by atoms with Gasteiger partial charge in [0.25, 0.3) is 5.91 Å². The van der Waals surface area contributed by atoms with Crippen LogP contribution in [-0.4, -0.2) is 23.8 Å². The molecule has 0 atom stereocenters. The first-order valence-corrected chi connectivity index (χ1v) is 8.93. The molecule has 0 spiro atoms. The zero-order valence-corrected chi connectivity index (χ0v) is 15.7. The highest BCUT2D eigenvalue weighted by molar-refractivity contribution is 9.10. The second kappa shape index (κ2) is 7.75. The van der Waals surface area contributed by atoms with Gasteiger partial charge in [-0.1, -0.05) is 13.8 Å². The minimum atomic E-state index is -0.0763. The summed E-state index contributed by atoms with van der Waals surface area (Å²) in [5.41, 5.74) is 1.30. The molecule has 6 heteroatoms. The van der Waals surface area contributed by atoms with Crippen LogP contribution >= 0.6 is 27.3 Å². The third-order valence-corrected chi connectivity index (χ3v) is 4.97. The van der Waals surface area contributed by atoms with Crippen molar-refractivity contribution >= 4 is 44.8 Å². The van der Waals surface area contributed by atoms with Gasteiger partial charge in [-0.2, -0.15) is 0 Å². The first-order valence-electron chi connectivity index (χ1n) is 7.26. The van der Waals surface area contributed by atoms with E-state index in [-0.39, 0.29) is 17.7 Å². The summed E-state index contributed by atoms with van der Waals surface area (Å²) in [6.07, 6.45) is 0. The van der Waals surface area contributed by atoms with Gasteiger partial charge in [0, 0.05) is 38.9 Å². The Morgan fingerprint density at radius 1 is 1.26 bits per heavy atom. The van der Waals surface area contributed by atoms with Crippen molar-refractivity contribution in [2.45, 2.75) is 20.4 Å². The number of carbonyl (C=O) groups excluding carboxylic acids is 2. The SMILES string of the molecule is CC(C)C(=O)Nc1ccc(C(=O)N(C)Cc2cc(Br)cs2)cc1. The molecule has 23 heavy (non-hydrogen) atoms. The van der Waals surface area contributed by atoms with Crippen molar-refractivity contribution < 1.29 is 9.59 Å². The second-order valence-corrected chi connectivity index (χ2v) is 7.53. The average molecular weight is 395 g/mol. The van der Waals surface area contributed by atoms with Gasteiger partial charge in [-0.05, 0) is 46.3 Å². The lowest BCUT2D eigenvalue weighted by Gasteiger charge is -2.16. The van der Waals surface area contributed by atoms with E-state index in [2.05, 4.69) is 21.2 Å². The molecule has 0 aliphatic rings. The van der Waals surface area contributed by atoms with E-state index < -0.39 is 0 Å². The maximum absolute atomic E-state index is 12.4. The Hall–Kier alpha value is -1.66. The summed E-state index contributed by atoms with van der Waals surface area (Å²) in [7, 11) is 1.78. The zero-order chi connectivity index (χ0) is 17.0. The van der Waals surface area contributed by atoms with Crippen molar-refractivity contribution in [3.05, 3.63) is 50.6 Å². The molecule has 1 aromatic carbocycles. The molecule has 2 amide bonds. The molecule has 0 unspecified atom stereocenters. The first-order chi connectivity index (χ1) is 10.9. The average Bonchev–Trinajstić information content (AvgIpc) is 2.92. The molecule has 0 aliphatic heterocycles. The van der Waals surface area contributed by atoms with Crippen LogP contribution in [0.4, 0.5) is 5.69 Å². The van der Waals surface area contributed by atoms with Gasteiger partial charge in [0.2, 0.25) is 5.91 Å². The lowest BCUT2D eigenvalue weighted by molar-refractivity contribution is -0.118. The van der Waals surface area contributed by atoms with Gasteiger partial charge in [-0.15, -0.1) is 11.3 Å². The Morgan fingerprint density at radius 2 is 1.91 bits per heavy atom. The van der Waals surface area contributed by atoms with E-state index in [1.165, 1.54) is 0 Å². The van der Waals surface area contributed by atoms with Gasteiger partial charge in [0.1, 0.15) is 0 Å². The molecular weight excluding hydrogens is 376 g/mol. The zero-order valence-electron chi connectivity index (χ0n) is 13.3. The summed E-state index contributed by atoms with van der Waals surface area (Å²) in [6.45, 7) is 4.25. The fourth-order valence-electron chi connectivity index (χ4n) is 1.95. The highest BCUT2D eigenvalue weighted by Gasteiger charge is 2.13. The molecule has 1 aromatic heterocycles. The Bertz CT molecular complexity index is 695. The number of halogens is 1. The summed E-state index contributed by atoms with van der Waals surface area (Å²) in [5.74, 6) is -0.159. The van der Waals surface area contributed by atoms with Crippen LogP contribution in [0.15, 0.2) is 40.2 Å².